The van der Waals surface area contributed by atoms with E-state index in [1.807, 2.05) is 0 Å². The number of para-hydroxylation sites is 2. The van der Waals surface area contributed by atoms with Crippen LogP contribution < -0.4 is 4.90 Å². The largest absolute Gasteiger partial charge is 0.310 e. The summed E-state index contributed by atoms with van der Waals surface area (Å²) in [7, 11) is 0. The van der Waals surface area contributed by atoms with E-state index in [1.165, 1.54) is 88.3 Å². The van der Waals surface area contributed by atoms with E-state index in [4.69, 9.17) is 0 Å². The maximum atomic E-state index is 2.47. The Morgan fingerprint density at radius 3 is 1.49 bits per heavy atom. The summed E-state index contributed by atoms with van der Waals surface area (Å²) in [5.41, 5.74) is 17.4. The number of anilines is 3. The molecule has 0 saturated heterocycles. The van der Waals surface area contributed by atoms with Crippen molar-refractivity contribution in [3.05, 3.63) is 305 Å². The highest BCUT2D eigenvalue weighted by molar-refractivity contribution is 6.13. The first-order valence-electron chi connectivity index (χ1n) is 22.7. The summed E-state index contributed by atoms with van der Waals surface area (Å²) in [5, 5.41) is 5.06. The van der Waals surface area contributed by atoms with Crippen LogP contribution in [0.1, 0.15) is 44.5 Å². The van der Waals surface area contributed by atoms with Crippen molar-refractivity contribution in [3.63, 3.8) is 0 Å². The van der Waals surface area contributed by atoms with Gasteiger partial charge in [0.15, 0.2) is 0 Å². The van der Waals surface area contributed by atoms with Crippen molar-refractivity contribution in [2.75, 3.05) is 4.90 Å². The van der Waals surface area contributed by atoms with Crippen LogP contribution in [0.2, 0.25) is 0 Å². The van der Waals surface area contributed by atoms with Gasteiger partial charge in [0.05, 0.1) is 16.5 Å². The molecule has 0 bridgehead atoms. The highest BCUT2D eigenvalue weighted by Gasteiger charge is 2.58. The zero-order valence-electron chi connectivity index (χ0n) is 35.8. The first-order valence-corrected chi connectivity index (χ1v) is 22.7. The molecule has 0 radical (unpaired) electrons. The molecular weight excluding hydrogens is 783 g/mol. The first kappa shape index (κ1) is 37.3. The van der Waals surface area contributed by atoms with Gasteiger partial charge in [-0.25, -0.2) is 0 Å². The molecule has 304 valence electrons. The van der Waals surface area contributed by atoms with Gasteiger partial charge in [0, 0.05) is 11.4 Å². The second-order valence-electron chi connectivity index (χ2n) is 17.5. The minimum Gasteiger partial charge on any atom is -0.310 e. The van der Waals surface area contributed by atoms with Crippen molar-refractivity contribution < 1.29 is 0 Å². The van der Waals surface area contributed by atoms with Crippen molar-refractivity contribution in [2.24, 2.45) is 0 Å². The Kier molecular flexibility index (Phi) is 8.41. The average Bonchev–Trinajstić information content (AvgIpc) is 3.70. The van der Waals surface area contributed by atoms with E-state index in [0.717, 1.165) is 17.1 Å². The number of benzene rings is 11. The Bertz CT molecular complexity index is 3590. The quantitative estimate of drug-likeness (QED) is 0.145. The molecule has 0 saturated carbocycles. The molecule has 1 nitrogen and oxygen atoms in total. The van der Waals surface area contributed by atoms with Crippen LogP contribution >= 0.6 is 0 Å². The molecule has 11 aromatic rings. The lowest BCUT2D eigenvalue weighted by atomic mass is 9.51. The lowest BCUT2D eigenvalue weighted by Crippen LogP contribution is -2.44. The van der Waals surface area contributed by atoms with E-state index in [9.17, 15) is 0 Å². The molecule has 0 heterocycles. The summed E-state index contributed by atoms with van der Waals surface area (Å²) in [4.78, 5) is 2.47. The molecule has 0 N–H and O–H groups in total. The Morgan fingerprint density at radius 2 is 0.769 bits per heavy atom. The smallest absolute Gasteiger partial charge is 0.0728 e. The van der Waals surface area contributed by atoms with Gasteiger partial charge in [-0.15, -0.1) is 0 Å². The third-order valence-corrected chi connectivity index (χ3v) is 14.4. The van der Waals surface area contributed by atoms with Gasteiger partial charge in [0.1, 0.15) is 0 Å². The van der Waals surface area contributed by atoms with E-state index in [1.54, 1.807) is 0 Å². The van der Waals surface area contributed by atoms with Gasteiger partial charge in [-0.1, -0.05) is 224 Å². The monoisotopic (exact) mass is 825 g/mol. The molecule has 0 spiro atoms. The van der Waals surface area contributed by atoms with Crippen molar-refractivity contribution in [1.82, 2.24) is 0 Å². The predicted molar refractivity (Wildman–Crippen MR) is 271 cm³/mol. The summed E-state index contributed by atoms with van der Waals surface area (Å²) in [5.74, 6) is 0. The second-order valence-corrected chi connectivity index (χ2v) is 17.5. The molecule has 2 aliphatic rings. The van der Waals surface area contributed by atoms with Gasteiger partial charge < -0.3 is 4.90 Å². The van der Waals surface area contributed by atoms with Crippen LogP contribution in [-0.4, -0.2) is 0 Å². The van der Waals surface area contributed by atoms with Crippen LogP contribution in [0.15, 0.2) is 261 Å². The molecule has 2 aliphatic carbocycles. The molecule has 2 unspecified atom stereocenters. The van der Waals surface area contributed by atoms with Crippen molar-refractivity contribution in [2.45, 2.75) is 10.8 Å². The lowest BCUT2D eigenvalue weighted by molar-refractivity contribution is 0.627. The van der Waals surface area contributed by atoms with Gasteiger partial charge in [-0.3, -0.25) is 0 Å². The van der Waals surface area contributed by atoms with Crippen LogP contribution in [-0.2, 0) is 10.8 Å². The van der Waals surface area contributed by atoms with Crippen LogP contribution in [0.25, 0.3) is 43.8 Å². The molecule has 11 aromatic carbocycles. The highest BCUT2D eigenvalue weighted by atomic mass is 15.1. The minimum atomic E-state index is -0.711. The Balaban J connectivity index is 1.09. The summed E-state index contributed by atoms with van der Waals surface area (Å²) in [6.45, 7) is 0. The minimum absolute atomic E-state index is 0.518. The fourth-order valence-corrected chi connectivity index (χ4v) is 11.9. The molecule has 0 aromatic heterocycles. The number of fused-ring (bicyclic) bond motifs is 8. The summed E-state index contributed by atoms with van der Waals surface area (Å²) in [6, 6.07) is 97.2. The zero-order chi connectivity index (χ0) is 43.0. The van der Waals surface area contributed by atoms with Crippen molar-refractivity contribution in [1.29, 1.82) is 0 Å². The number of hydrogen-bond donors (Lipinski definition) is 0. The topological polar surface area (TPSA) is 3.24 Å². The molecule has 0 amide bonds. The first-order chi connectivity index (χ1) is 32.3. The van der Waals surface area contributed by atoms with Gasteiger partial charge >= 0.3 is 0 Å². The molecule has 65 heavy (non-hydrogen) atoms. The van der Waals surface area contributed by atoms with Gasteiger partial charge in [0.25, 0.3) is 0 Å². The number of hydrogen-bond acceptors (Lipinski definition) is 1. The third-order valence-electron chi connectivity index (χ3n) is 14.4. The van der Waals surface area contributed by atoms with E-state index < -0.39 is 10.8 Å². The predicted octanol–water partition coefficient (Wildman–Crippen LogP) is 16.2. The Hall–Kier alpha value is -8.26. The summed E-state index contributed by atoms with van der Waals surface area (Å²) < 4.78 is 0. The molecule has 0 aliphatic heterocycles. The fourth-order valence-electron chi connectivity index (χ4n) is 11.9. The van der Waals surface area contributed by atoms with E-state index in [-0.39, 0.29) is 0 Å². The Labute approximate surface area is 380 Å². The van der Waals surface area contributed by atoms with Gasteiger partial charge in [-0.05, 0) is 125 Å². The van der Waals surface area contributed by atoms with Crippen LogP contribution in [0.4, 0.5) is 17.1 Å². The van der Waals surface area contributed by atoms with Gasteiger partial charge in [-0.2, -0.15) is 0 Å². The SMILES string of the molecule is c1ccc(N(c2ccc(-c3cc4ccccc4c4ccccc34)cc2)c2ccccc2C2(c3ccccc3)c3ccccc3C3(c4ccccc4)c4ccccc4-c4cccc2c43)cc1. The zero-order valence-corrected chi connectivity index (χ0v) is 35.8. The molecule has 0 fully saturated rings. The normalized spacial score (nSPS) is 16.7. The molecular formula is C64H43N. The van der Waals surface area contributed by atoms with Crippen LogP contribution in [0, 0.1) is 0 Å². The summed E-state index contributed by atoms with van der Waals surface area (Å²) >= 11 is 0. The maximum Gasteiger partial charge on any atom is 0.0728 e. The van der Waals surface area contributed by atoms with Crippen LogP contribution in [0.3, 0.4) is 0 Å². The third kappa shape index (κ3) is 5.27. The van der Waals surface area contributed by atoms with E-state index in [0.29, 0.717) is 0 Å². The van der Waals surface area contributed by atoms with Crippen molar-refractivity contribution >= 4 is 38.6 Å². The van der Waals surface area contributed by atoms with Gasteiger partial charge in [0.2, 0.25) is 0 Å². The standard InChI is InChI=1S/C64H43N/c1-4-22-46(23-5-1)63(57-34-16-17-35-58(57)64(47-24-6-2-7-25-47)56-33-15-14-31-53(56)54-32-20-37-60(63)62(54)64)59-36-18-19-38-61(59)65(48-26-8-3-9-27-48)49-41-39-44(40-42-49)55-43-45-21-10-11-28-50(45)51-29-12-13-30-52(51)55/h1-43H. The molecule has 13 rings (SSSR count). The Morgan fingerprint density at radius 1 is 0.277 bits per heavy atom. The maximum absolute atomic E-state index is 2.47. The average molecular weight is 826 g/mol. The lowest BCUT2D eigenvalue weighted by Gasteiger charge is -2.50. The number of nitrogens with zero attached hydrogens (tertiary/aromatic N) is 1. The fraction of sp³-hybridized carbons (Fsp3) is 0.0312. The van der Waals surface area contributed by atoms with Crippen LogP contribution in [0.5, 0.6) is 0 Å². The summed E-state index contributed by atoms with van der Waals surface area (Å²) in [6.07, 6.45) is 0. The van der Waals surface area contributed by atoms with Crippen molar-refractivity contribution in [3.8, 4) is 22.3 Å². The highest BCUT2D eigenvalue weighted by Crippen LogP contribution is 2.66. The van der Waals surface area contributed by atoms with E-state index >= 15 is 0 Å². The molecule has 1 heteroatoms. The molecule has 2 atom stereocenters. The number of rotatable bonds is 7. The van der Waals surface area contributed by atoms with E-state index in [2.05, 4.69) is 266 Å². The second kappa shape index (κ2) is 14.7.